The molecule has 2 atom stereocenters. The fraction of sp³-hybridized carbons (Fsp3) is 0.800. The van der Waals surface area contributed by atoms with Crippen LogP contribution in [0.1, 0.15) is 58.8 Å². The van der Waals surface area contributed by atoms with E-state index in [1.807, 2.05) is 0 Å². The highest BCUT2D eigenvalue weighted by Crippen LogP contribution is 2.33. The van der Waals surface area contributed by atoms with Crippen LogP contribution in [-0.2, 0) is 19.1 Å². The molecule has 156 valence electrons. The summed E-state index contributed by atoms with van der Waals surface area (Å²) in [6.07, 6.45) is 5.20. The number of hydrogen-bond acceptors (Lipinski definition) is 5. The number of nitrogens with zero attached hydrogens (tertiary/aromatic N) is 2. The number of piperidine rings is 1. The summed E-state index contributed by atoms with van der Waals surface area (Å²) in [6, 6.07) is -0.438. The van der Waals surface area contributed by atoms with Gasteiger partial charge in [0.05, 0.1) is 6.42 Å². The molecule has 0 aromatic carbocycles. The van der Waals surface area contributed by atoms with E-state index in [9.17, 15) is 19.2 Å². The molecular formula is C20H31N3O5. The van der Waals surface area contributed by atoms with Crippen LogP contribution >= 0.6 is 0 Å². The number of imide groups is 1. The Morgan fingerprint density at radius 2 is 1.75 bits per heavy atom. The van der Waals surface area contributed by atoms with Gasteiger partial charge in [-0.05, 0) is 31.1 Å². The van der Waals surface area contributed by atoms with Crippen LogP contribution in [0.3, 0.4) is 0 Å². The van der Waals surface area contributed by atoms with Gasteiger partial charge < -0.3 is 15.0 Å². The first kappa shape index (κ1) is 20.6. The van der Waals surface area contributed by atoms with Gasteiger partial charge >= 0.3 is 12.0 Å². The van der Waals surface area contributed by atoms with E-state index in [0.717, 1.165) is 30.6 Å². The summed E-state index contributed by atoms with van der Waals surface area (Å²) in [6.45, 7) is 5.29. The van der Waals surface area contributed by atoms with Crippen LogP contribution in [0.15, 0.2) is 0 Å². The zero-order valence-electron chi connectivity index (χ0n) is 16.9. The summed E-state index contributed by atoms with van der Waals surface area (Å²) < 4.78 is 5.09. The van der Waals surface area contributed by atoms with Gasteiger partial charge in [0.25, 0.3) is 11.8 Å². The highest BCUT2D eigenvalue weighted by molar-refractivity contribution is 6.07. The number of nitrogens with one attached hydrogen (secondary N) is 1. The first-order valence-electron chi connectivity index (χ1n) is 10.4. The number of urea groups is 1. The minimum atomic E-state index is -0.781. The van der Waals surface area contributed by atoms with Gasteiger partial charge in [-0.2, -0.15) is 0 Å². The monoisotopic (exact) mass is 393 g/mol. The van der Waals surface area contributed by atoms with Crippen molar-refractivity contribution in [3.63, 3.8) is 0 Å². The molecule has 2 heterocycles. The number of carbonyl (C=O) groups excluding carboxylic acids is 4. The molecule has 3 fully saturated rings. The second-order valence-electron chi connectivity index (χ2n) is 8.69. The van der Waals surface area contributed by atoms with E-state index in [4.69, 9.17) is 4.74 Å². The van der Waals surface area contributed by atoms with Crippen molar-refractivity contribution in [2.45, 2.75) is 64.3 Å². The number of hydrogen-bond donors (Lipinski definition) is 1. The lowest BCUT2D eigenvalue weighted by Crippen LogP contribution is -2.48. The fourth-order valence-corrected chi connectivity index (χ4v) is 4.75. The zero-order valence-corrected chi connectivity index (χ0v) is 16.9. The van der Waals surface area contributed by atoms with Crippen molar-refractivity contribution in [3.05, 3.63) is 0 Å². The van der Waals surface area contributed by atoms with Gasteiger partial charge in [-0.1, -0.05) is 33.1 Å². The molecule has 0 aromatic heterocycles. The molecule has 0 radical (unpaired) electrons. The summed E-state index contributed by atoms with van der Waals surface area (Å²) in [7, 11) is 0. The molecule has 1 saturated carbocycles. The first-order valence-corrected chi connectivity index (χ1v) is 10.4. The van der Waals surface area contributed by atoms with E-state index in [2.05, 4.69) is 19.2 Å². The lowest BCUT2D eigenvalue weighted by molar-refractivity contribution is -0.153. The predicted molar refractivity (Wildman–Crippen MR) is 101 cm³/mol. The summed E-state index contributed by atoms with van der Waals surface area (Å²) >= 11 is 0. The van der Waals surface area contributed by atoms with Crippen molar-refractivity contribution in [1.82, 2.24) is 15.1 Å². The maximum atomic E-state index is 12.7. The Morgan fingerprint density at radius 3 is 2.39 bits per heavy atom. The van der Waals surface area contributed by atoms with Crippen molar-refractivity contribution < 1.29 is 23.9 Å². The van der Waals surface area contributed by atoms with Gasteiger partial charge in [-0.25, -0.2) is 4.79 Å². The highest BCUT2D eigenvalue weighted by atomic mass is 16.5. The summed E-state index contributed by atoms with van der Waals surface area (Å²) in [5.41, 5.74) is -0.781. The van der Waals surface area contributed by atoms with Gasteiger partial charge in [-0.15, -0.1) is 0 Å². The Morgan fingerprint density at radius 1 is 1.11 bits per heavy atom. The molecule has 1 spiro atoms. The van der Waals surface area contributed by atoms with Crippen LogP contribution in [0.5, 0.6) is 0 Å². The number of likely N-dealkylation sites (tertiary alicyclic amines) is 1. The van der Waals surface area contributed by atoms with E-state index >= 15 is 0 Å². The van der Waals surface area contributed by atoms with E-state index in [1.165, 1.54) is 0 Å². The fourth-order valence-electron chi connectivity index (χ4n) is 4.75. The van der Waals surface area contributed by atoms with Gasteiger partial charge in [0, 0.05) is 19.6 Å². The van der Waals surface area contributed by atoms with Crippen LogP contribution < -0.4 is 5.32 Å². The number of amides is 4. The summed E-state index contributed by atoms with van der Waals surface area (Å²) in [5, 5.41) is 2.82. The number of ether oxygens (including phenoxy) is 1. The van der Waals surface area contributed by atoms with E-state index < -0.39 is 17.5 Å². The Balaban J connectivity index is 1.43. The lowest BCUT2D eigenvalue weighted by atomic mass is 9.82. The van der Waals surface area contributed by atoms with Gasteiger partial charge in [-0.3, -0.25) is 19.3 Å². The molecule has 2 aliphatic heterocycles. The third kappa shape index (κ3) is 4.47. The van der Waals surface area contributed by atoms with Crippen LogP contribution in [0.25, 0.3) is 0 Å². The molecule has 1 aliphatic carbocycles. The lowest BCUT2D eigenvalue weighted by Gasteiger charge is -2.34. The topological polar surface area (TPSA) is 96.0 Å². The van der Waals surface area contributed by atoms with Crippen LogP contribution in [0, 0.1) is 11.8 Å². The van der Waals surface area contributed by atoms with E-state index in [-0.39, 0.29) is 31.4 Å². The third-order valence-corrected chi connectivity index (χ3v) is 6.07. The Kier molecular flexibility index (Phi) is 6.25. The number of esters is 1. The van der Waals surface area contributed by atoms with Crippen molar-refractivity contribution in [2.75, 3.05) is 26.2 Å². The Hall–Kier alpha value is -2.12. The second kappa shape index (κ2) is 8.49. The average molecular weight is 393 g/mol. The molecule has 8 nitrogen and oxygen atoms in total. The van der Waals surface area contributed by atoms with Crippen molar-refractivity contribution >= 4 is 23.8 Å². The van der Waals surface area contributed by atoms with Crippen LogP contribution in [0.2, 0.25) is 0 Å². The van der Waals surface area contributed by atoms with E-state index in [0.29, 0.717) is 37.8 Å². The normalized spacial score (nSPS) is 27.1. The third-order valence-electron chi connectivity index (χ3n) is 6.07. The molecule has 3 aliphatic rings. The predicted octanol–water partition coefficient (Wildman–Crippen LogP) is 1.68. The maximum Gasteiger partial charge on any atom is 0.325 e. The SMILES string of the molecule is CC1CC(C)CN(C(=O)COC(=O)CCN2C(=O)NC3(CCCCC3)C2=O)C1. The highest BCUT2D eigenvalue weighted by Gasteiger charge is 2.51. The number of carbonyl (C=O) groups is 4. The van der Waals surface area contributed by atoms with E-state index in [1.54, 1.807) is 4.90 Å². The molecule has 1 N–H and O–H groups in total. The van der Waals surface area contributed by atoms with Crippen molar-refractivity contribution in [3.8, 4) is 0 Å². The minimum Gasteiger partial charge on any atom is -0.456 e. The standard InChI is InChI=1S/C20H31N3O5/c1-14-10-15(2)12-22(11-14)16(24)13-28-17(25)6-9-23-18(26)20(21-19(23)27)7-4-3-5-8-20/h14-15H,3-13H2,1-2H3,(H,21,27). The molecule has 28 heavy (non-hydrogen) atoms. The smallest absolute Gasteiger partial charge is 0.325 e. The molecular weight excluding hydrogens is 362 g/mol. The molecule has 0 bridgehead atoms. The van der Waals surface area contributed by atoms with Gasteiger partial charge in [0.15, 0.2) is 6.61 Å². The molecule has 2 saturated heterocycles. The maximum absolute atomic E-state index is 12.7. The quantitative estimate of drug-likeness (QED) is 0.566. The summed E-state index contributed by atoms with van der Waals surface area (Å²) in [4.78, 5) is 52.0. The van der Waals surface area contributed by atoms with Crippen LogP contribution in [-0.4, -0.2) is 65.4 Å². The molecule has 4 amide bonds. The second-order valence-corrected chi connectivity index (χ2v) is 8.69. The van der Waals surface area contributed by atoms with Crippen molar-refractivity contribution in [2.24, 2.45) is 11.8 Å². The van der Waals surface area contributed by atoms with Crippen molar-refractivity contribution in [1.29, 1.82) is 0 Å². The number of rotatable bonds is 5. The largest absolute Gasteiger partial charge is 0.456 e. The average Bonchev–Trinajstić information content (AvgIpc) is 2.87. The molecule has 2 unspecified atom stereocenters. The molecule has 0 aromatic rings. The van der Waals surface area contributed by atoms with Crippen LogP contribution in [0.4, 0.5) is 4.79 Å². The van der Waals surface area contributed by atoms with Gasteiger partial charge in [0.1, 0.15) is 5.54 Å². The first-order chi connectivity index (χ1) is 13.3. The van der Waals surface area contributed by atoms with Gasteiger partial charge in [0.2, 0.25) is 0 Å². The Labute approximate surface area is 165 Å². The molecule has 8 heteroatoms. The summed E-state index contributed by atoms with van der Waals surface area (Å²) in [5.74, 6) is -0.123. The Bertz CT molecular complexity index is 634. The minimum absolute atomic E-state index is 0.0166. The zero-order chi connectivity index (χ0) is 20.3. The molecule has 3 rings (SSSR count).